The van der Waals surface area contributed by atoms with E-state index in [-0.39, 0.29) is 5.78 Å². The van der Waals surface area contributed by atoms with E-state index >= 15 is 0 Å². The summed E-state index contributed by atoms with van der Waals surface area (Å²) in [5.74, 6) is -0.293. The molecule has 2 N–H and O–H groups in total. The first-order valence-corrected chi connectivity index (χ1v) is 7.27. The third-order valence-electron chi connectivity index (χ3n) is 2.99. The van der Waals surface area contributed by atoms with Gasteiger partial charge in [0.05, 0.1) is 11.9 Å². The Labute approximate surface area is 135 Å². The zero-order valence-corrected chi connectivity index (χ0v) is 13.3. The highest BCUT2D eigenvalue weighted by Crippen LogP contribution is 2.16. The smallest absolute Gasteiger partial charge is 0.426 e. The number of carbonyl (C=O) groups is 2. The maximum absolute atomic E-state index is 12.4. The highest BCUT2D eigenvalue weighted by Gasteiger charge is 2.26. The molecule has 0 spiro atoms. The summed E-state index contributed by atoms with van der Waals surface area (Å²) in [5.41, 5.74) is 3.61. The summed E-state index contributed by atoms with van der Waals surface area (Å²) in [6.45, 7) is 1.53. The average Bonchev–Trinajstić information content (AvgIpc) is 2.52. The van der Waals surface area contributed by atoms with Crippen molar-refractivity contribution in [2.45, 2.75) is 13.0 Å². The number of nitrogens with one attached hydrogen (secondary N) is 1. The van der Waals surface area contributed by atoms with E-state index in [1.807, 2.05) is 0 Å². The van der Waals surface area contributed by atoms with Crippen LogP contribution in [0.3, 0.4) is 0 Å². The number of carbonyl (C=O) groups excluding carboxylic acids is 1. The number of pyridine rings is 1. The molecule has 0 bridgehead atoms. The van der Waals surface area contributed by atoms with Gasteiger partial charge in [0.25, 0.3) is 0 Å². The number of nitrogens with zero attached hydrogens (tertiary/aromatic N) is 2. The van der Waals surface area contributed by atoms with Crippen molar-refractivity contribution < 1.29 is 14.7 Å². The van der Waals surface area contributed by atoms with Crippen LogP contribution in [0.4, 0.5) is 10.5 Å². The van der Waals surface area contributed by atoms with E-state index in [2.05, 4.69) is 26.3 Å². The molecule has 2 aromatic rings. The lowest BCUT2D eigenvalue weighted by Crippen LogP contribution is -2.46. The third kappa shape index (κ3) is 3.82. The molecule has 22 heavy (non-hydrogen) atoms. The van der Waals surface area contributed by atoms with Gasteiger partial charge < -0.3 is 5.11 Å². The number of aromatic nitrogens is 1. The number of Topliss-reactive ketones (excluding diaryl/α,β-unsaturated/α-hetero) is 1. The van der Waals surface area contributed by atoms with Crippen LogP contribution in [0.1, 0.15) is 17.3 Å². The molecule has 114 valence electrons. The highest BCUT2D eigenvalue weighted by molar-refractivity contribution is 9.10. The van der Waals surface area contributed by atoms with Crippen molar-refractivity contribution in [1.82, 2.24) is 9.99 Å². The van der Waals surface area contributed by atoms with Gasteiger partial charge in [-0.15, -0.1) is 0 Å². The van der Waals surface area contributed by atoms with Gasteiger partial charge in [0.15, 0.2) is 5.78 Å². The molecule has 1 aromatic heterocycles. The van der Waals surface area contributed by atoms with Crippen molar-refractivity contribution in [1.29, 1.82) is 0 Å². The van der Waals surface area contributed by atoms with Crippen molar-refractivity contribution in [2.75, 3.05) is 5.43 Å². The number of anilines is 1. The standard InChI is InChI=1S/C15H14BrN3O3/c1-10(14(20)11-5-3-2-4-6-11)19(15(21)22)18-13-7-12(16)8-17-9-13/h2-10,18H,1H3,(H,21,22). The number of hydrazine groups is 1. The van der Waals surface area contributed by atoms with Gasteiger partial charge in [-0.2, -0.15) is 0 Å². The van der Waals surface area contributed by atoms with Crippen molar-refractivity contribution in [3.63, 3.8) is 0 Å². The minimum atomic E-state index is -1.25. The lowest BCUT2D eigenvalue weighted by atomic mass is 10.1. The van der Waals surface area contributed by atoms with E-state index in [1.54, 1.807) is 42.6 Å². The van der Waals surface area contributed by atoms with E-state index in [9.17, 15) is 14.7 Å². The zero-order chi connectivity index (χ0) is 16.1. The predicted molar refractivity (Wildman–Crippen MR) is 85.7 cm³/mol. The Morgan fingerprint density at radius 3 is 2.55 bits per heavy atom. The number of hydrogen-bond acceptors (Lipinski definition) is 4. The number of carboxylic acid groups (broad SMARTS) is 1. The second-order valence-corrected chi connectivity index (χ2v) is 5.48. The van der Waals surface area contributed by atoms with Gasteiger partial charge in [0, 0.05) is 16.2 Å². The molecular weight excluding hydrogens is 350 g/mol. The normalized spacial score (nSPS) is 11.5. The van der Waals surface area contributed by atoms with Crippen LogP contribution in [0.15, 0.2) is 53.3 Å². The monoisotopic (exact) mass is 363 g/mol. The molecule has 1 aromatic carbocycles. The molecule has 0 aliphatic carbocycles. The van der Waals surface area contributed by atoms with Crippen LogP contribution in [-0.2, 0) is 0 Å². The molecule has 0 radical (unpaired) electrons. The highest BCUT2D eigenvalue weighted by atomic mass is 79.9. The van der Waals surface area contributed by atoms with Crippen LogP contribution in [0.2, 0.25) is 0 Å². The zero-order valence-electron chi connectivity index (χ0n) is 11.7. The number of hydrogen-bond donors (Lipinski definition) is 2. The van der Waals surface area contributed by atoms with E-state index in [0.29, 0.717) is 15.7 Å². The fraction of sp³-hybridized carbons (Fsp3) is 0.133. The van der Waals surface area contributed by atoms with Crippen molar-refractivity contribution in [2.24, 2.45) is 0 Å². The maximum Gasteiger partial charge on any atom is 0.426 e. The van der Waals surface area contributed by atoms with Crippen LogP contribution >= 0.6 is 15.9 Å². The summed E-state index contributed by atoms with van der Waals surface area (Å²) in [5, 5.41) is 10.2. The summed E-state index contributed by atoms with van der Waals surface area (Å²) >= 11 is 3.26. The third-order valence-corrected chi connectivity index (χ3v) is 3.42. The summed E-state index contributed by atoms with van der Waals surface area (Å²) in [7, 11) is 0. The van der Waals surface area contributed by atoms with Gasteiger partial charge in [-0.1, -0.05) is 30.3 Å². The second-order valence-electron chi connectivity index (χ2n) is 4.56. The van der Waals surface area contributed by atoms with Crippen LogP contribution < -0.4 is 5.43 Å². The molecular formula is C15H14BrN3O3. The Morgan fingerprint density at radius 2 is 1.95 bits per heavy atom. The Morgan fingerprint density at radius 1 is 1.27 bits per heavy atom. The Kier molecular flexibility index (Phi) is 5.11. The molecule has 0 fully saturated rings. The van der Waals surface area contributed by atoms with Gasteiger partial charge in [0.1, 0.15) is 6.04 Å². The minimum absolute atomic E-state index is 0.293. The van der Waals surface area contributed by atoms with Crippen LogP contribution in [0, 0.1) is 0 Å². The Hall–Kier alpha value is -2.41. The van der Waals surface area contributed by atoms with Crippen LogP contribution in [0.5, 0.6) is 0 Å². The van der Waals surface area contributed by atoms with E-state index in [4.69, 9.17) is 0 Å². The predicted octanol–water partition coefficient (Wildman–Crippen LogP) is 3.42. The number of benzene rings is 1. The maximum atomic E-state index is 12.4. The quantitative estimate of drug-likeness (QED) is 0.628. The fourth-order valence-corrected chi connectivity index (χ4v) is 2.25. The van der Waals surface area contributed by atoms with Crippen molar-refractivity contribution in [3.8, 4) is 0 Å². The first-order valence-electron chi connectivity index (χ1n) is 6.47. The molecule has 6 nitrogen and oxygen atoms in total. The number of amides is 1. The van der Waals surface area contributed by atoms with Gasteiger partial charge in [0.2, 0.25) is 0 Å². The fourth-order valence-electron chi connectivity index (χ4n) is 1.88. The van der Waals surface area contributed by atoms with Gasteiger partial charge in [-0.05, 0) is 28.9 Å². The molecule has 1 heterocycles. The summed E-state index contributed by atoms with van der Waals surface area (Å²) in [6.07, 6.45) is 1.80. The lowest BCUT2D eigenvalue weighted by Gasteiger charge is -2.26. The first-order chi connectivity index (χ1) is 10.5. The number of halogens is 1. The molecule has 0 saturated heterocycles. The Bertz CT molecular complexity index is 679. The van der Waals surface area contributed by atoms with Gasteiger partial charge in [-0.25, -0.2) is 9.80 Å². The Balaban J connectivity index is 2.20. The van der Waals surface area contributed by atoms with E-state index in [1.165, 1.54) is 13.1 Å². The largest absolute Gasteiger partial charge is 0.464 e. The topological polar surface area (TPSA) is 82.5 Å². The summed E-state index contributed by atoms with van der Waals surface area (Å²) < 4.78 is 0.699. The lowest BCUT2D eigenvalue weighted by molar-refractivity contribution is 0.0843. The van der Waals surface area contributed by atoms with Crippen LogP contribution in [-0.4, -0.2) is 33.0 Å². The molecule has 1 atom stereocenters. The number of rotatable bonds is 5. The first kappa shape index (κ1) is 16.0. The molecule has 7 heteroatoms. The number of ketones is 1. The molecule has 1 unspecified atom stereocenters. The molecule has 0 aliphatic rings. The minimum Gasteiger partial charge on any atom is -0.464 e. The summed E-state index contributed by atoms with van der Waals surface area (Å²) in [4.78, 5) is 27.8. The SMILES string of the molecule is CC(C(=O)c1ccccc1)N(Nc1cncc(Br)c1)C(=O)O. The molecule has 0 saturated carbocycles. The van der Waals surface area contributed by atoms with Gasteiger partial charge in [-0.3, -0.25) is 15.2 Å². The van der Waals surface area contributed by atoms with Crippen LogP contribution in [0.25, 0.3) is 0 Å². The van der Waals surface area contributed by atoms with Gasteiger partial charge >= 0.3 is 6.09 Å². The second kappa shape index (κ2) is 7.04. The summed E-state index contributed by atoms with van der Waals surface area (Å²) in [6, 6.07) is 9.34. The van der Waals surface area contributed by atoms with E-state index in [0.717, 1.165) is 5.01 Å². The average molecular weight is 364 g/mol. The molecule has 2 rings (SSSR count). The van der Waals surface area contributed by atoms with E-state index < -0.39 is 12.1 Å². The van der Waals surface area contributed by atoms with Crippen molar-refractivity contribution >= 4 is 33.5 Å². The molecule has 1 amide bonds. The molecule has 0 aliphatic heterocycles. The van der Waals surface area contributed by atoms with Crippen molar-refractivity contribution in [3.05, 3.63) is 58.8 Å².